The zero-order chi connectivity index (χ0) is 24.6. The summed E-state index contributed by atoms with van der Waals surface area (Å²) in [7, 11) is 1.64. The molecule has 4 saturated carbocycles. The van der Waals surface area contributed by atoms with Crippen LogP contribution in [-0.2, 0) is 11.3 Å². The fourth-order valence-electron chi connectivity index (χ4n) is 9.35. The SMILES string of the molecule is COc1ccc2nn(CC(=O)[C@H]3CC[C@H]4C5CC[C@H]6C[C@](C)(O)CC[C@]6(C)[C@H]5CC[C@]34C)nc2c1. The molecular weight excluding hydrogens is 438 g/mol. The average Bonchev–Trinajstić information content (AvgIpc) is 3.38. The van der Waals surface area contributed by atoms with Gasteiger partial charge in [-0.05, 0) is 111 Å². The Balaban J connectivity index is 1.19. The molecule has 6 heteroatoms. The first-order valence-corrected chi connectivity index (χ1v) is 13.8. The fraction of sp³-hybridized carbons (Fsp3) is 0.759. The second-order valence-electron chi connectivity index (χ2n) is 13.1. The van der Waals surface area contributed by atoms with Gasteiger partial charge >= 0.3 is 0 Å². The van der Waals surface area contributed by atoms with E-state index in [0.29, 0.717) is 23.0 Å². The van der Waals surface area contributed by atoms with E-state index < -0.39 is 5.60 Å². The zero-order valence-corrected chi connectivity index (χ0v) is 21.8. The number of nitrogens with zero attached hydrogens (tertiary/aromatic N) is 3. The van der Waals surface area contributed by atoms with Crippen molar-refractivity contribution in [3.63, 3.8) is 0 Å². The lowest BCUT2D eigenvalue weighted by atomic mass is 9.44. The zero-order valence-electron chi connectivity index (χ0n) is 21.8. The van der Waals surface area contributed by atoms with Crippen LogP contribution in [0, 0.1) is 40.4 Å². The molecule has 35 heavy (non-hydrogen) atoms. The molecule has 1 aromatic heterocycles. The van der Waals surface area contributed by atoms with Crippen LogP contribution < -0.4 is 4.74 Å². The average molecular weight is 480 g/mol. The molecule has 1 heterocycles. The molecule has 6 rings (SSSR count). The topological polar surface area (TPSA) is 77.2 Å². The first-order chi connectivity index (χ1) is 16.6. The monoisotopic (exact) mass is 479 g/mol. The van der Waals surface area contributed by atoms with E-state index in [1.54, 1.807) is 11.9 Å². The van der Waals surface area contributed by atoms with Gasteiger partial charge in [-0.2, -0.15) is 15.0 Å². The van der Waals surface area contributed by atoms with Crippen LogP contribution in [0.3, 0.4) is 0 Å². The van der Waals surface area contributed by atoms with Crippen molar-refractivity contribution < 1.29 is 14.6 Å². The van der Waals surface area contributed by atoms with Crippen LogP contribution in [0.25, 0.3) is 11.0 Å². The Morgan fingerprint density at radius 2 is 1.77 bits per heavy atom. The summed E-state index contributed by atoms with van der Waals surface area (Å²) in [5.74, 6) is 3.93. The van der Waals surface area contributed by atoms with Gasteiger partial charge in [-0.1, -0.05) is 13.8 Å². The van der Waals surface area contributed by atoms with Crippen molar-refractivity contribution in [3.8, 4) is 5.75 Å². The molecule has 1 N–H and O–H groups in total. The maximum absolute atomic E-state index is 13.6. The molecule has 1 aromatic carbocycles. The molecule has 0 spiro atoms. The number of fused-ring (bicyclic) bond motifs is 6. The highest BCUT2D eigenvalue weighted by atomic mass is 16.5. The van der Waals surface area contributed by atoms with Crippen LogP contribution >= 0.6 is 0 Å². The number of aliphatic hydroxyl groups is 1. The van der Waals surface area contributed by atoms with Crippen molar-refractivity contribution in [1.82, 2.24) is 15.0 Å². The van der Waals surface area contributed by atoms with Gasteiger partial charge in [-0.3, -0.25) is 4.79 Å². The van der Waals surface area contributed by atoms with E-state index in [4.69, 9.17) is 4.74 Å². The molecule has 0 amide bonds. The number of aromatic nitrogens is 3. The summed E-state index contributed by atoms with van der Waals surface area (Å²) >= 11 is 0. The number of carbonyl (C=O) groups is 1. The van der Waals surface area contributed by atoms with Gasteiger partial charge in [-0.25, -0.2) is 0 Å². The van der Waals surface area contributed by atoms with Crippen LogP contribution in [0.5, 0.6) is 5.75 Å². The number of hydrogen-bond acceptors (Lipinski definition) is 5. The largest absolute Gasteiger partial charge is 0.497 e. The standard InChI is InChI=1S/C29H41N3O3/c1-27(34)13-14-28(2)18(16-27)5-7-20-21-8-9-23(29(21,3)12-11-22(20)28)26(33)17-32-30-24-10-6-19(35-4)15-25(24)31-32/h6,10,15,18,20-23,34H,5,7-9,11-14,16-17H2,1-4H3/t18-,20?,21-,22-,23+,27+,28-,29-/m0/s1. The van der Waals surface area contributed by atoms with E-state index in [9.17, 15) is 9.90 Å². The van der Waals surface area contributed by atoms with Gasteiger partial charge < -0.3 is 9.84 Å². The van der Waals surface area contributed by atoms with Gasteiger partial charge in [0.05, 0.1) is 12.7 Å². The van der Waals surface area contributed by atoms with Crippen molar-refractivity contribution in [2.24, 2.45) is 40.4 Å². The third-order valence-electron chi connectivity index (χ3n) is 11.3. The van der Waals surface area contributed by atoms with E-state index in [1.807, 2.05) is 25.1 Å². The summed E-state index contributed by atoms with van der Waals surface area (Å²) in [6.45, 7) is 7.25. The molecule has 6 nitrogen and oxygen atoms in total. The van der Waals surface area contributed by atoms with Crippen LogP contribution in [0.15, 0.2) is 18.2 Å². The number of methoxy groups -OCH3 is 1. The van der Waals surface area contributed by atoms with Crippen molar-refractivity contribution in [2.75, 3.05) is 7.11 Å². The number of Topliss-reactive ketones (excluding diaryl/α,β-unsaturated/α-hetero) is 1. The number of ether oxygens (including phenoxy) is 1. The van der Waals surface area contributed by atoms with Gasteiger partial charge in [0, 0.05) is 12.0 Å². The van der Waals surface area contributed by atoms with Crippen molar-refractivity contribution in [2.45, 2.75) is 90.7 Å². The summed E-state index contributed by atoms with van der Waals surface area (Å²) in [6.07, 6.45) is 10.1. The van der Waals surface area contributed by atoms with Gasteiger partial charge in [0.15, 0.2) is 5.78 Å². The number of ketones is 1. The van der Waals surface area contributed by atoms with Gasteiger partial charge in [0.25, 0.3) is 0 Å². The molecule has 190 valence electrons. The lowest BCUT2D eigenvalue weighted by Crippen LogP contribution is -2.55. The Hall–Kier alpha value is -1.95. The minimum Gasteiger partial charge on any atom is -0.497 e. The van der Waals surface area contributed by atoms with Crippen LogP contribution in [0.1, 0.15) is 78.6 Å². The normalized spacial score (nSPS) is 42.8. The predicted molar refractivity (Wildman–Crippen MR) is 135 cm³/mol. The number of rotatable bonds is 4. The van der Waals surface area contributed by atoms with Crippen LogP contribution in [0.2, 0.25) is 0 Å². The molecule has 4 aliphatic carbocycles. The van der Waals surface area contributed by atoms with Crippen molar-refractivity contribution in [3.05, 3.63) is 18.2 Å². The molecule has 4 aliphatic rings. The van der Waals surface area contributed by atoms with E-state index >= 15 is 0 Å². The van der Waals surface area contributed by atoms with Gasteiger partial charge in [-0.15, -0.1) is 0 Å². The van der Waals surface area contributed by atoms with Crippen LogP contribution in [-0.4, -0.2) is 38.6 Å². The van der Waals surface area contributed by atoms with Gasteiger partial charge in [0.2, 0.25) is 0 Å². The molecule has 4 fully saturated rings. The van der Waals surface area contributed by atoms with Crippen molar-refractivity contribution in [1.29, 1.82) is 0 Å². The molecule has 0 radical (unpaired) electrons. The maximum Gasteiger partial charge on any atom is 0.159 e. The highest BCUT2D eigenvalue weighted by molar-refractivity contribution is 5.82. The summed E-state index contributed by atoms with van der Waals surface area (Å²) in [5.41, 5.74) is 1.53. The van der Waals surface area contributed by atoms with E-state index in [0.717, 1.165) is 60.7 Å². The first kappa shape index (κ1) is 23.4. The lowest BCUT2D eigenvalue weighted by molar-refractivity contribution is -0.151. The Kier molecular flexibility index (Phi) is 5.38. The minimum atomic E-state index is -0.485. The Morgan fingerprint density at radius 3 is 2.57 bits per heavy atom. The lowest BCUT2D eigenvalue weighted by Gasteiger charge is -2.61. The van der Waals surface area contributed by atoms with E-state index in [1.165, 1.54) is 25.7 Å². The number of benzene rings is 1. The second-order valence-corrected chi connectivity index (χ2v) is 13.1. The first-order valence-electron chi connectivity index (χ1n) is 13.8. The van der Waals surface area contributed by atoms with E-state index in [2.05, 4.69) is 24.0 Å². The highest BCUT2D eigenvalue weighted by Gasteiger charge is 2.61. The summed E-state index contributed by atoms with van der Waals surface area (Å²) in [4.78, 5) is 15.2. The molecular formula is C29H41N3O3. The smallest absolute Gasteiger partial charge is 0.159 e. The third-order valence-corrected chi connectivity index (χ3v) is 11.3. The Bertz CT molecular complexity index is 1140. The summed E-state index contributed by atoms with van der Waals surface area (Å²) < 4.78 is 5.30. The van der Waals surface area contributed by atoms with E-state index in [-0.39, 0.29) is 17.9 Å². The third kappa shape index (κ3) is 3.65. The molecule has 1 unspecified atom stereocenters. The number of carbonyl (C=O) groups excluding carboxylic acids is 1. The quantitative estimate of drug-likeness (QED) is 0.634. The highest BCUT2D eigenvalue weighted by Crippen LogP contribution is 2.68. The molecule has 0 bridgehead atoms. The second kappa shape index (κ2) is 8.03. The molecule has 0 aliphatic heterocycles. The maximum atomic E-state index is 13.6. The molecule has 0 saturated heterocycles. The molecule has 2 aromatic rings. The minimum absolute atomic E-state index is 0.0946. The molecule has 8 atom stereocenters. The number of hydrogen-bond donors (Lipinski definition) is 1. The Labute approximate surface area is 208 Å². The summed E-state index contributed by atoms with van der Waals surface area (Å²) in [5, 5.41) is 19.9. The van der Waals surface area contributed by atoms with Crippen molar-refractivity contribution >= 4 is 16.8 Å². The summed E-state index contributed by atoms with van der Waals surface area (Å²) in [6, 6.07) is 5.66. The van der Waals surface area contributed by atoms with Gasteiger partial charge in [0.1, 0.15) is 23.3 Å². The van der Waals surface area contributed by atoms with Crippen LogP contribution in [0.4, 0.5) is 0 Å². The Morgan fingerprint density at radius 1 is 1.00 bits per heavy atom. The fourth-order valence-corrected chi connectivity index (χ4v) is 9.35. The predicted octanol–water partition coefficient (Wildman–Crippen LogP) is 5.42.